The Morgan fingerprint density at radius 3 is 2.83 bits per heavy atom. The van der Waals surface area contributed by atoms with Crippen LogP contribution in [0.3, 0.4) is 0 Å². The van der Waals surface area contributed by atoms with Crippen LogP contribution in [0.4, 0.5) is 10.9 Å². The van der Waals surface area contributed by atoms with Crippen LogP contribution in [0.15, 0.2) is 58.0 Å². The van der Waals surface area contributed by atoms with Crippen molar-refractivity contribution in [2.75, 3.05) is 10.6 Å². The number of benzene rings is 1. The van der Waals surface area contributed by atoms with Crippen LogP contribution in [-0.4, -0.2) is 36.2 Å². The quantitative estimate of drug-likeness (QED) is 0.297. The molecule has 5 aromatic rings. The molecule has 35 heavy (non-hydrogen) atoms. The van der Waals surface area contributed by atoms with Crippen molar-refractivity contribution in [1.82, 2.24) is 30.2 Å². The van der Waals surface area contributed by atoms with Crippen LogP contribution < -0.4 is 10.6 Å². The molecule has 1 amide bonds. The van der Waals surface area contributed by atoms with E-state index in [9.17, 15) is 4.79 Å². The summed E-state index contributed by atoms with van der Waals surface area (Å²) in [6.45, 7) is 3.78. The summed E-state index contributed by atoms with van der Waals surface area (Å²) < 4.78 is 10.3. The molecule has 0 fully saturated rings. The van der Waals surface area contributed by atoms with Gasteiger partial charge in [-0.05, 0) is 23.9 Å². The van der Waals surface area contributed by atoms with E-state index in [-0.39, 0.29) is 5.91 Å². The molecule has 0 aliphatic carbocycles. The summed E-state index contributed by atoms with van der Waals surface area (Å²) in [5, 5.41) is 16.0. The van der Waals surface area contributed by atoms with Crippen molar-refractivity contribution < 1.29 is 13.8 Å². The van der Waals surface area contributed by atoms with Crippen LogP contribution in [0.2, 0.25) is 0 Å². The first-order valence-corrected chi connectivity index (χ1v) is 11.6. The molecule has 0 aliphatic heterocycles. The van der Waals surface area contributed by atoms with Crippen LogP contribution in [-0.2, 0) is 11.2 Å². The molecule has 0 radical (unpaired) electrons. The van der Waals surface area contributed by atoms with Gasteiger partial charge in [0.25, 0.3) is 5.91 Å². The maximum absolute atomic E-state index is 12.4. The van der Waals surface area contributed by atoms with Crippen LogP contribution in [0.5, 0.6) is 0 Å². The van der Waals surface area contributed by atoms with Gasteiger partial charge in [-0.2, -0.15) is 9.97 Å². The van der Waals surface area contributed by atoms with E-state index in [0.29, 0.717) is 39.3 Å². The number of pyridine rings is 1. The second-order valence-electron chi connectivity index (χ2n) is 7.49. The van der Waals surface area contributed by atoms with Crippen LogP contribution in [0.1, 0.15) is 25.1 Å². The van der Waals surface area contributed by atoms with Crippen molar-refractivity contribution in [3.05, 3.63) is 60.7 Å². The summed E-state index contributed by atoms with van der Waals surface area (Å²) >= 11 is 1.26. The number of fused-ring (bicyclic) bond motifs is 1. The summed E-state index contributed by atoms with van der Waals surface area (Å²) in [5.74, 6) is 2.27. The molecule has 0 spiro atoms. The third-order valence-electron chi connectivity index (χ3n) is 4.89. The number of hydrogen-bond acceptors (Lipinski definition) is 11. The normalized spacial score (nSPS) is 11.4. The van der Waals surface area contributed by atoms with Crippen LogP contribution in [0.25, 0.3) is 32.9 Å². The Labute approximate surface area is 203 Å². The lowest BCUT2D eigenvalue weighted by atomic mass is 10.1. The van der Waals surface area contributed by atoms with Gasteiger partial charge in [0.2, 0.25) is 23.4 Å². The zero-order chi connectivity index (χ0) is 24.2. The Morgan fingerprint density at radius 1 is 1.11 bits per heavy atom. The predicted molar refractivity (Wildman–Crippen MR) is 131 cm³/mol. The number of amides is 1. The summed E-state index contributed by atoms with van der Waals surface area (Å²) in [4.78, 5) is 30.3. The van der Waals surface area contributed by atoms with Gasteiger partial charge < -0.3 is 14.4 Å². The Balaban J connectivity index is 1.25. The van der Waals surface area contributed by atoms with Gasteiger partial charge in [-0.1, -0.05) is 40.7 Å². The molecule has 12 heteroatoms. The molecule has 0 saturated carbocycles. The molecular formula is C23H20N8O3S. The van der Waals surface area contributed by atoms with E-state index in [1.165, 1.54) is 23.6 Å². The SMILES string of the molecule is CCCc1nc(-c2cnc(NC(=O)C=CNc3nccc4ccc(-c5noc(C)n5)cc34)s2)no1. The molecule has 4 heterocycles. The second kappa shape index (κ2) is 9.81. The topological polar surface area (TPSA) is 145 Å². The smallest absolute Gasteiger partial charge is 0.251 e. The first-order valence-electron chi connectivity index (χ1n) is 10.8. The highest BCUT2D eigenvalue weighted by atomic mass is 32.1. The van der Waals surface area contributed by atoms with Crippen molar-refractivity contribution in [2.45, 2.75) is 26.7 Å². The van der Waals surface area contributed by atoms with Crippen molar-refractivity contribution in [3.8, 4) is 22.1 Å². The predicted octanol–water partition coefficient (Wildman–Crippen LogP) is 4.62. The average molecular weight is 489 g/mol. The van der Waals surface area contributed by atoms with E-state index in [1.807, 2.05) is 31.2 Å². The van der Waals surface area contributed by atoms with Gasteiger partial charge in [0.15, 0.2) is 5.13 Å². The van der Waals surface area contributed by atoms with Gasteiger partial charge in [0.1, 0.15) is 5.82 Å². The van der Waals surface area contributed by atoms with Gasteiger partial charge in [-0.3, -0.25) is 10.1 Å². The molecule has 4 aromatic heterocycles. The van der Waals surface area contributed by atoms with Gasteiger partial charge in [-0.25, -0.2) is 9.97 Å². The van der Waals surface area contributed by atoms with Gasteiger partial charge in [0.05, 0.1) is 11.1 Å². The van der Waals surface area contributed by atoms with Crippen molar-refractivity contribution >= 4 is 39.0 Å². The number of rotatable bonds is 8. The lowest BCUT2D eigenvalue weighted by Crippen LogP contribution is -2.08. The van der Waals surface area contributed by atoms with E-state index >= 15 is 0 Å². The Morgan fingerprint density at radius 2 is 2.00 bits per heavy atom. The maximum Gasteiger partial charge on any atom is 0.251 e. The summed E-state index contributed by atoms with van der Waals surface area (Å²) in [6.07, 6.45) is 7.81. The third-order valence-corrected chi connectivity index (χ3v) is 5.80. The first kappa shape index (κ1) is 22.3. The minimum atomic E-state index is -0.346. The van der Waals surface area contributed by atoms with E-state index in [2.05, 4.69) is 40.9 Å². The zero-order valence-corrected chi connectivity index (χ0v) is 19.7. The zero-order valence-electron chi connectivity index (χ0n) is 18.8. The average Bonchev–Trinajstić information content (AvgIpc) is 3.61. The number of nitrogens with zero attached hydrogens (tertiary/aromatic N) is 6. The molecule has 0 saturated heterocycles. The molecule has 176 valence electrons. The first-order chi connectivity index (χ1) is 17.1. The fourth-order valence-corrected chi connectivity index (χ4v) is 4.03. The van der Waals surface area contributed by atoms with Crippen LogP contribution >= 0.6 is 11.3 Å². The highest BCUT2D eigenvalue weighted by Gasteiger charge is 2.13. The highest BCUT2D eigenvalue weighted by Crippen LogP contribution is 2.28. The van der Waals surface area contributed by atoms with Gasteiger partial charge in [0, 0.05) is 42.8 Å². The van der Waals surface area contributed by atoms with Gasteiger partial charge >= 0.3 is 0 Å². The third kappa shape index (κ3) is 5.06. The highest BCUT2D eigenvalue weighted by molar-refractivity contribution is 7.19. The molecule has 5 rings (SSSR count). The number of aromatic nitrogens is 6. The number of carbonyl (C=O) groups is 1. The Bertz CT molecular complexity index is 1520. The van der Waals surface area contributed by atoms with E-state index in [1.54, 1.807) is 19.3 Å². The number of thiazole rings is 1. The Hall–Kier alpha value is -4.45. The van der Waals surface area contributed by atoms with Crippen LogP contribution in [0, 0.1) is 6.92 Å². The number of aryl methyl sites for hydroxylation is 2. The number of anilines is 2. The van der Waals surface area contributed by atoms with E-state index in [4.69, 9.17) is 9.05 Å². The molecule has 2 N–H and O–H groups in total. The Kier molecular flexibility index (Phi) is 6.26. The number of hydrogen-bond donors (Lipinski definition) is 2. The molecule has 1 aromatic carbocycles. The minimum absolute atomic E-state index is 0.346. The van der Waals surface area contributed by atoms with Crippen molar-refractivity contribution in [2.24, 2.45) is 0 Å². The summed E-state index contributed by atoms with van der Waals surface area (Å²) in [7, 11) is 0. The molecule has 11 nitrogen and oxygen atoms in total. The fraction of sp³-hybridized carbons (Fsp3) is 0.174. The molecule has 0 unspecified atom stereocenters. The number of nitrogens with one attached hydrogen (secondary N) is 2. The lowest BCUT2D eigenvalue weighted by molar-refractivity contribution is -0.111. The second-order valence-corrected chi connectivity index (χ2v) is 8.52. The van der Waals surface area contributed by atoms with Crippen molar-refractivity contribution in [1.29, 1.82) is 0 Å². The lowest BCUT2D eigenvalue weighted by Gasteiger charge is -2.06. The van der Waals surface area contributed by atoms with E-state index in [0.717, 1.165) is 29.2 Å². The molecule has 0 aliphatic rings. The fourth-order valence-electron chi connectivity index (χ4n) is 3.29. The largest absolute Gasteiger partial charge is 0.346 e. The summed E-state index contributed by atoms with van der Waals surface area (Å²) in [5.41, 5.74) is 0.801. The molecule has 0 bridgehead atoms. The standard InChI is InChI=1S/C23H20N8O3S/c1-3-4-19-29-22(31-34-19)17-12-26-23(35-17)28-18(32)8-10-25-21-16-11-15(20-27-13(2)33-30-20)6-5-14(16)7-9-24-21/h5-12H,3-4H2,1-2H3,(H,24,25)(H,26,28,32). The van der Waals surface area contributed by atoms with Gasteiger partial charge in [-0.15, -0.1) is 0 Å². The van der Waals surface area contributed by atoms with Crippen molar-refractivity contribution in [3.63, 3.8) is 0 Å². The molecule has 0 atom stereocenters. The monoisotopic (exact) mass is 488 g/mol. The molecular weight excluding hydrogens is 468 g/mol. The number of carbonyl (C=O) groups excluding carboxylic acids is 1. The summed E-state index contributed by atoms with van der Waals surface area (Å²) in [6, 6.07) is 7.69. The van der Waals surface area contributed by atoms with E-state index < -0.39 is 0 Å². The maximum atomic E-state index is 12.4. The minimum Gasteiger partial charge on any atom is -0.346 e.